The number of aryl methyl sites for hydroxylation is 1. The van der Waals surface area contributed by atoms with Crippen molar-refractivity contribution in [3.05, 3.63) is 71.0 Å². The summed E-state index contributed by atoms with van der Waals surface area (Å²) in [5.41, 5.74) is 9.74. The Morgan fingerprint density at radius 2 is 1.79 bits per heavy atom. The van der Waals surface area contributed by atoms with Gasteiger partial charge in [0.1, 0.15) is 5.82 Å². The molecule has 0 spiro atoms. The molecule has 0 amide bonds. The number of hydrogen-bond donors (Lipinski definition) is 1. The molecular weight excluding hydrogens is 237 g/mol. The van der Waals surface area contributed by atoms with Crippen molar-refractivity contribution in [1.29, 1.82) is 0 Å². The van der Waals surface area contributed by atoms with Crippen LogP contribution in [0.3, 0.4) is 0 Å². The van der Waals surface area contributed by atoms with Crippen molar-refractivity contribution in [3.8, 4) is 0 Å². The van der Waals surface area contributed by atoms with Crippen molar-refractivity contribution in [2.75, 3.05) is 0 Å². The van der Waals surface area contributed by atoms with Gasteiger partial charge >= 0.3 is 0 Å². The van der Waals surface area contributed by atoms with E-state index in [1.54, 1.807) is 6.07 Å². The zero-order valence-corrected chi connectivity index (χ0v) is 11.1. The highest BCUT2D eigenvalue weighted by Gasteiger charge is 2.49. The molecule has 1 unspecified atom stereocenters. The second-order valence-corrected chi connectivity index (χ2v) is 5.50. The Morgan fingerprint density at radius 1 is 1.11 bits per heavy atom. The van der Waals surface area contributed by atoms with Gasteiger partial charge in [-0.1, -0.05) is 36.4 Å². The van der Waals surface area contributed by atoms with E-state index >= 15 is 0 Å². The molecule has 0 radical (unpaired) electrons. The summed E-state index contributed by atoms with van der Waals surface area (Å²) in [5.74, 6) is -0.208. The van der Waals surface area contributed by atoms with Gasteiger partial charge in [-0.05, 0) is 48.6 Å². The first-order valence-electron chi connectivity index (χ1n) is 6.71. The third-order valence-corrected chi connectivity index (χ3v) is 4.31. The summed E-state index contributed by atoms with van der Waals surface area (Å²) in [6.07, 6.45) is 2.16. The fourth-order valence-electron chi connectivity index (χ4n) is 2.93. The van der Waals surface area contributed by atoms with Crippen LogP contribution in [0.15, 0.2) is 48.5 Å². The fourth-order valence-corrected chi connectivity index (χ4v) is 2.93. The predicted molar refractivity (Wildman–Crippen MR) is 75.4 cm³/mol. The molecule has 1 atom stereocenters. The number of rotatable bonds is 3. The lowest BCUT2D eigenvalue weighted by atomic mass is 9.83. The van der Waals surface area contributed by atoms with Crippen molar-refractivity contribution in [3.63, 3.8) is 0 Å². The highest BCUT2D eigenvalue weighted by molar-refractivity contribution is 5.40. The number of hydrogen-bond acceptors (Lipinski definition) is 1. The van der Waals surface area contributed by atoms with Crippen LogP contribution in [0.25, 0.3) is 0 Å². The molecule has 0 aromatic heterocycles. The van der Waals surface area contributed by atoms with E-state index in [0.29, 0.717) is 0 Å². The molecule has 0 bridgehead atoms. The summed E-state index contributed by atoms with van der Waals surface area (Å²) in [6, 6.07) is 15.1. The molecule has 0 heterocycles. The molecule has 1 nitrogen and oxygen atoms in total. The summed E-state index contributed by atoms with van der Waals surface area (Å²) < 4.78 is 13.5. The van der Waals surface area contributed by atoms with Crippen LogP contribution >= 0.6 is 0 Å². The summed E-state index contributed by atoms with van der Waals surface area (Å²) in [5, 5.41) is 0. The van der Waals surface area contributed by atoms with Crippen molar-refractivity contribution in [2.24, 2.45) is 5.73 Å². The van der Waals surface area contributed by atoms with Gasteiger partial charge in [0.25, 0.3) is 0 Å². The Kier molecular flexibility index (Phi) is 2.90. The lowest BCUT2D eigenvalue weighted by molar-refractivity contribution is 0.532. The SMILES string of the molecule is Cc1ccc(F)cc1C(N)C1(c2ccccc2)CC1. The molecule has 2 N–H and O–H groups in total. The van der Waals surface area contributed by atoms with Gasteiger partial charge in [-0.3, -0.25) is 0 Å². The Labute approximate surface area is 113 Å². The lowest BCUT2D eigenvalue weighted by Gasteiger charge is -2.25. The largest absolute Gasteiger partial charge is 0.323 e. The standard InChI is InChI=1S/C17H18FN/c1-12-7-8-14(18)11-15(12)16(19)17(9-10-17)13-5-3-2-4-6-13/h2-8,11,16H,9-10,19H2,1H3. The van der Waals surface area contributed by atoms with E-state index in [4.69, 9.17) is 5.73 Å². The zero-order chi connectivity index (χ0) is 13.5. The van der Waals surface area contributed by atoms with E-state index in [9.17, 15) is 4.39 Å². The highest BCUT2D eigenvalue weighted by atomic mass is 19.1. The molecule has 0 aliphatic heterocycles. The second-order valence-electron chi connectivity index (χ2n) is 5.50. The van der Waals surface area contributed by atoms with Gasteiger partial charge in [0.05, 0.1) is 0 Å². The minimum absolute atomic E-state index is 0.000185. The minimum atomic E-state index is -0.208. The molecule has 2 heteroatoms. The van der Waals surface area contributed by atoms with Gasteiger partial charge in [-0.15, -0.1) is 0 Å². The Morgan fingerprint density at radius 3 is 2.42 bits per heavy atom. The smallest absolute Gasteiger partial charge is 0.123 e. The van der Waals surface area contributed by atoms with Crippen LogP contribution in [-0.2, 0) is 5.41 Å². The molecule has 98 valence electrons. The second kappa shape index (κ2) is 4.46. The maximum atomic E-state index is 13.5. The van der Waals surface area contributed by atoms with Gasteiger partial charge < -0.3 is 5.73 Å². The van der Waals surface area contributed by atoms with Crippen LogP contribution in [-0.4, -0.2) is 0 Å². The van der Waals surface area contributed by atoms with E-state index in [-0.39, 0.29) is 17.3 Å². The third kappa shape index (κ3) is 2.06. The molecule has 1 aliphatic rings. The molecule has 19 heavy (non-hydrogen) atoms. The van der Waals surface area contributed by atoms with Gasteiger partial charge in [-0.2, -0.15) is 0 Å². The van der Waals surface area contributed by atoms with E-state index in [0.717, 1.165) is 24.0 Å². The maximum absolute atomic E-state index is 13.5. The van der Waals surface area contributed by atoms with Crippen molar-refractivity contribution in [1.82, 2.24) is 0 Å². The molecule has 2 aromatic rings. The molecule has 0 saturated heterocycles. The summed E-state index contributed by atoms with van der Waals surface area (Å²) in [6.45, 7) is 2.00. The lowest BCUT2D eigenvalue weighted by Crippen LogP contribution is -2.27. The molecule has 1 saturated carbocycles. The first-order chi connectivity index (χ1) is 9.13. The summed E-state index contributed by atoms with van der Waals surface area (Å²) in [7, 11) is 0. The Bertz CT molecular complexity index is 587. The normalized spacial score (nSPS) is 18.1. The predicted octanol–water partition coefficient (Wildman–Crippen LogP) is 3.87. The van der Waals surface area contributed by atoms with Crippen LogP contribution < -0.4 is 5.73 Å². The first kappa shape index (κ1) is 12.4. The van der Waals surface area contributed by atoms with E-state index in [1.807, 2.05) is 31.2 Å². The summed E-state index contributed by atoms with van der Waals surface area (Å²) >= 11 is 0. The van der Waals surface area contributed by atoms with Crippen LogP contribution in [0.5, 0.6) is 0 Å². The highest BCUT2D eigenvalue weighted by Crippen LogP contribution is 2.55. The first-order valence-corrected chi connectivity index (χ1v) is 6.71. The van der Waals surface area contributed by atoms with Crippen molar-refractivity contribution in [2.45, 2.75) is 31.2 Å². The average molecular weight is 255 g/mol. The number of nitrogens with two attached hydrogens (primary N) is 1. The van der Waals surface area contributed by atoms with E-state index < -0.39 is 0 Å². The van der Waals surface area contributed by atoms with Gasteiger partial charge in [0, 0.05) is 11.5 Å². The maximum Gasteiger partial charge on any atom is 0.123 e. The third-order valence-electron chi connectivity index (χ3n) is 4.31. The molecule has 2 aromatic carbocycles. The topological polar surface area (TPSA) is 26.0 Å². The van der Waals surface area contributed by atoms with Crippen LogP contribution in [0.2, 0.25) is 0 Å². The van der Waals surface area contributed by atoms with Crippen LogP contribution in [0.4, 0.5) is 4.39 Å². The van der Waals surface area contributed by atoms with Gasteiger partial charge in [-0.25, -0.2) is 4.39 Å². The number of benzene rings is 2. The molecule has 3 rings (SSSR count). The van der Waals surface area contributed by atoms with E-state index in [2.05, 4.69) is 12.1 Å². The fraction of sp³-hybridized carbons (Fsp3) is 0.294. The van der Waals surface area contributed by atoms with Crippen molar-refractivity contribution >= 4 is 0 Å². The van der Waals surface area contributed by atoms with Gasteiger partial charge in [0.2, 0.25) is 0 Å². The van der Waals surface area contributed by atoms with Crippen LogP contribution in [0, 0.1) is 12.7 Å². The van der Waals surface area contributed by atoms with E-state index in [1.165, 1.54) is 11.6 Å². The molecule has 1 aliphatic carbocycles. The average Bonchev–Trinajstić information content (AvgIpc) is 3.23. The Hall–Kier alpha value is -1.67. The van der Waals surface area contributed by atoms with Crippen molar-refractivity contribution < 1.29 is 4.39 Å². The van der Waals surface area contributed by atoms with Gasteiger partial charge in [0.15, 0.2) is 0 Å². The zero-order valence-electron chi connectivity index (χ0n) is 11.1. The quantitative estimate of drug-likeness (QED) is 0.885. The minimum Gasteiger partial charge on any atom is -0.323 e. The Balaban J connectivity index is 2.00. The summed E-state index contributed by atoms with van der Waals surface area (Å²) in [4.78, 5) is 0. The monoisotopic (exact) mass is 255 g/mol. The van der Waals surface area contributed by atoms with Crippen LogP contribution in [0.1, 0.15) is 35.6 Å². The molecular formula is C17H18FN. The number of halogens is 1. The molecule has 1 fully saturated rings.